The van der Waals surface area contributed by atoms with Crippen molar-refractivity contribution < 1.29 is 14.3 Å². The molecule has 7 nitrogen and oxygen atoms in total. The first-order valence-electron chi connectivity index (χ1n) is 11.3. The summed E-state index contributed by atoms with van der Waals surface area (Å²) < 4.78 is 13.2. The van der Waals surface area contributed by atoms with Crippen molar-refractivity contribution in [1.82, 2.24) is 14.9 Å². The summed E-state index contributed by atoms with van der Waals surface area (Å²) in [4.78, 5) is 29.8. The van der Waals surface area contributed by atoms with Gasteiger partial charge in [-0.05, 0) is 76.6 Å². The number of amides is 1. The van der Waals surface area contributed by atoms with Crippen LogP contribution >= 0.6 is 0 Å². The van der Waals surface area contributed by atoms with Gasteiger partial charge in [-0.1, -0.05) is 13.8 Å². The summed E-state index contributed by atoms with van der Waals surface area (Å²) in [5.74, 6) is 0.909. The number of ether oxygens (including phenoxy) is 2. The first-order valence-corrected chi connectivity index (χ1v) is 11.3. The number of aromatic nitrogens is 2. The fourth-order valence-electron chi connectivity index (χ4n) is 4.19. The van der Waals surface area contributed by atoms with E-state index in [1.165, 1.54) is 0 Å². The van der Waals surface area contributed by atoms with E-state index in [9.17, 15) is 9.59 Å². The van der Waals surface area contributed by atoms with Gasteiger partial charge in [-0.2, -0.15) is 0 Å². The van der Waals surface area contributed by atoms with Crippen LogP contribution in [0.5, 0.6) is 5.75 Å². The molecule has 0 aliphatic heterocycles. The monoisotopic (exact) mass is 453 g/mol. The van der Waals surface area contributed by atoms with Crippen molar-refractivity contribution in [1.29, 1.82) is 0 Å². The Morgan fingerprint density at radius 2 is 1.82 bits per heavy atom. The maximum Gasteiger partial charge on any atom is 0.408 e. The number of nitrogens with zero attached hydrogens (tertiary/aromatic N) is 2. The highest BCUT2D eigenvalue weighted by atomic mass is 16.6. The molecule has 0 fully saturated rings. The molecule has 0 saturated carbocycles. The number of carbonyl (C=O) groups excluding carboxylic acids is 1. The summed E-state index contributed by atoms with van der Waals surface area (Å²) in [6.45, 7) is 13.8. The Morgan fingerprint density at radius 1 is 1.12 bits per heavy atom. The molecular formula is C26H35N3O4. The maximum absolute atomic E-state index is 13.0. The Morgan fingerprint density at radius 3 is 2.45 bits per heavy atom. The molecule has 2 aromatic heterocycles. The highest BCUT2D eigenvalue weighted by Crippen LogP contribution is 2.27. The van der Waals surface area contributed by atoms with Crippen LogP contribution in [0.2, 0.25) is 0 Å². The summed E-state index contributed by atoms with van der Waals surface area (Å²) in [5, 5.41) is 5.40. The van der Waals surface area contributed by atoms with Crippen LogP contribution in [0.4, 0.5) is 4.79 Å². The fraction of sp³-hybridized carbons (Fsp3) is 0.500. The minimum Gasteiger partial charge on any atom is -0.491 e. The Balaban J connectivity index is 1.91. The Kier molecular flexibility index (Phi) is 6.73. The van der Waals surface area contributed by atoms with Crippen molar-refractivity contribution in [3.8, 4) is 5.75 Å². The van der Waals surface area contributed by atoms with Gasteiger partial charge in [-0.15, -0.1) is 0 Å². The van der Waals surface area contributed by atoms with Crippen LogP contribution in [-0.4, -0.2) is 33.4 Å². The molecule has 3 rings (SSSR count). The molecular weight excluding hydrogens is 418 g/mol. The second-order valence-electron chi connectivity index (χ2n) is 10.5. The number of aryl methyl sites for hydroxylation is 2. The largest absolute Gasteiger partial charge is 0.491 e. The van der Waals surface area contributed by atoms with Crippen molar-refractivity contribution in [2.75, 3.05) is 6.61 Å². The van der Waals surface area contributed by atoms with Crippen LogP contribution in [0.3, 0.4) is 0 Å². The molecule has 2 heterocycles. The van der Waals surface area contributed by atoms with Gasteiger partial charge in [0.15, 0.2) is 0 Å². The standard InChI is InChI=1S/C26H35N3O4/c1-16(2)13-26(7,28-24(31)33-25(4,5)6)15-32-18-9-10-19-20-11-17(3)27-14-22(20)29(8)23(30)21(19)12-18/h9-12,14,16H,13,15H2,1-8H3,(H,28,31)/t26-/m0/s1. The molecule has 1 N–H and O–H groups in total. The summed E-state index contributed by atoms with van der Waals surface area (Å²) in [5.41, 5.74) is 0.352. The molecule has 0 spiro atoms. The third-order valence-electron chi connectivity index (χ3n) is 5.42. The van der Waals surface area contributed by atoms with E-state index in [-0.39, 0.29) is 12.2 Å². The molecule has 1 atom stereocenters. The molecule has 0 unspecified atom stereocenters. The number of hydrogen-bond acceptors (Lipinski definition) is 5. The van der Waals surface area contributed by atoms with Gasteiger partial charge in [0.25, 0.3) is 5.56 Å². The molecule has 0 radical (unpaired) electrons. The molecule has 0 saturated heterocycles. The first kappa shape index (κ1) is 24.6. The maximum atomic E-state index is 13.0. The smallest absolute Gasteiger partial charge is 0.408 e. The minimum absolute atomic E-state index is 0.106. The van der Waals surface area contributed by atoms with E-state index in [1.807, 2.05) is 52.8 Å². The van der Waals surface area contributed by atoms with E-state index in [4.69, 9.17) is 9.47 Å². The molecule has 33 heavy (non-hydrogen) atoms. The average Bonchev–Trinajstić information content (AvgIpc) is 2.68. The molecule has 0 aliphatic carbocycles. The number of nitrogens with one attached hydrogen (secondary N) is 1. The fourth-order valence-corrected chi connectivity index (χ4v) is 4.19. The van der Waals surface area contributed by atoms with Crippen molar-refractivity contribution >= 4 is 27.8 Å². The van der Waals surface area contributed by atoms with Gasteiger partial charge in [0.05, 0.1) is 22.6 Å². The predicted octanol–water partition coefficient (Wildman–Crippen LogP) is 5.10. The van der Waals surface area contributed by atoms with Crippen molar-refractivity contribution in [3.05, 3.63) is 46.5 Å². The number of benzene rings is 1. The molecule has 1 amide bonds. The molecule has 3 aromatic rings. The van der Waals surface area contributed by atoms with Crippen LogP contribution in [0.25, 0.3) is 21.7 Å². The van der Waals surface area contributed by atoms with Gasteiger partial charge < -0.3 is 19.4 Å². The highest BCUT2D eigenvalue weighted by Gasteiger charge is 2.31. The van der Waals surface area contributed by atoms with E-state index >= 15 is 0 Å². The third kappa shape index (κ3) is 5.83. The minimum atomic E-state index is -0.636. The Bertz CT molecular complexity index is 1240. The van der Waals surface area contributed by atoms with Crippen molar-refractivity contribution in [2.45, 2.75) is 66.0 Å². The molecule has 178 valence electrons. The second-order valence-corrected chi connectivity index (χ2v) is 10.5. The number of rotatable bonds is 6. The Labute approximate surface area is 195 Å². The lowest BCUT2D eigenvalue weighted by Gasteiger charge is -2.33. The van der Waals surface area contributed by atoms with Gasteiger partial charge in [0.2, 0.25) is 0 Å². The predicted molar refractivity (Wildman–Crippen MR) is 132 cm³/mol. The number of alkyl carbamates (subject to hydrolysis) is 1. The normalized spacial score (nSPS) is 13.8. The Hall–Kier alpha value is -3.09. The third-order valence-corrected chi connectivity index (χ3v) is 5.42. The van der Waals surface area contributed by atoms with Crippen molar-refractivity contribution in [2.24, 2.45) is 13.0 Å². The zero-order chi connectivity index (χ0) is 24.6. The zero-order valence-corrected chi connectivity index (χ0v) is 20.9. The lowest BCUT2D eigenvalue weighted by Crippen LogP contribution is -2.52. The second kappa shape index (κ2) is 9.04. The first-order chi connectivity index (χ1) is 15.3. The van der Waals surface area contributed by atoms with Crippen molar-refractivity contribution in [3.63, 3.8) is 0 Å². The summed E-state index contributed by atoms with van der Waals surface area (Å²) in [7, 11) is 1.75. The zero-order valence-electron chi connectivity index (χ0n) is 20.9. The van der Waals surface area contributed by atoms with Gasteiger partial charge >= 0.3 is 6.09 Å². The summed E-state index contributed by atoms with van der Waals surface area (Å²) in [6, 6.07) is 7.54. The number of pyridine rings is 2. The summed E-state index contributed by atoms with van der Waals surface area (Å²) in [6.07, 6.45) is 1.96. The van der Waals surface area contributed by atoms with E-state index in [2.05, 4.69) is 24.1 Å². The highest BCUT2D eigenvalue weighted by molar-refractivity contribution is 6.05. The van der Waals surface area contributed by atoms with Gasteiger partial charge in [-0.3, -0.25) is 9.78 Å². The molecule has 0 bridgehead atoms. The van der Waals surface area contributed by atoms with Crippen LogP contribution < -0.4 is 15.6 Å². The van der Waals surface area contributed by atoms with E-state index in [0.717, 1.165) is 22.0 Å². The lowest BCUT2D eigenvalue weighted by atomic mass is 9.91. The topological polar surface area (TPSA) is 82.5 Å². The SMILES string of the molecule is Cc1cc2c3ccc(OC[C@](C)(CC(C)C)NC(=O)OC(C)(C)C)cc3c(=O)n(C)c2cn1. The number of fused-ring (bicyclic) bond motifs is 3. The van der Waals surface area contributed by atoms with Crippen LogP contribution in [0, 0.1) is 12.8 Å². The van der Waals surface area contributed by atoms with Crippen LogP contribution in [0.1, 0.15) is 53.7 Å². The van der Waals surface area contributed by atoms with Gasteiger partial charge in [0, 0.05) is 18.1 Å². The molecule has 0 aliphatic rings. The van der Waals surface area contributed by atoms with Crippen LogP contribution in [-0.2, 0) is 11.8 Å². The molecule has 7 heteroatoms. The molecule has 1 aromatic carbocycles. The average molecular weight is 454 g/mol. The van der Waals surface area contributed by atoms with E-state index in [1.54, 1.807) is 23.9 Å². The van der Waals surface area contributed by atoms with E-state index < -0.39 is 17.2 Å². The number of carbonyl (C=O) groups is 1. The summed E-state index contributed by atoms with van der Waals surface area (Å²) >= 11 is 0. The number of hydrogen-bond donors (Lipinski definition) is 1. The quantitative estimate of drug-likeness (QED) is 0.525. The van der Waals surface area contributed by atoms with Gasteiger partial charge in [0.1, 0.15) is 18.0 Å². The van der Waals surface area contributed by atoms with Crippen LogP contribution in [0.15, 0.2) is 35.3 Å². The van der Waals surface area contributed by atoms with E-state index in [0.29, 0.717) is 23.5 Å². The van der Waals surface area contributed by atoms with Gasteiger partial charge in [-0.25, -0.2) is 4.79 Å². The lowest BCUT2D eigenvalue weighted by molar-refractivity contribution is 0.0408.